The van der Waals surface area contributed by atoms with Crippen molar-refractivity contribution < 1.29 is 19.0 Å². The molecule has 1 radical (unpaired) electrons. The van der Waals surface area contributed by atoms with Gasteiger partial charge < -0.3 is 14.2 Å². The standard InChI is InChI=1S/C12H13O4/c1-8-11(16-12(13)15-8)7-9-3-5-10(14-2)6-4-9/h3-6,8,11H,1,7H2,2H3. The maximum absolute atomic E-state index is 10.9. The molecule has 4 heteroatoms. The van der Waals surface area contributed by atoms with E-state index in [0.29, 0.717) is 6.42 Å². The summed E-state index contributed by atoms with van der Waals surface area (Å²) in [5, 5.41) is 0. The number of carbonyl (C=O) groups is 1. The average Bonchev–Trinajstić information content (AvgIpc) is 2.59. The van der Waals surface area contributed by atoms with Crippen LogP contribution in [0.25, 0.3) is 0 Å². The van der Waals surface area contributed by atoms with Gasteiger partial charge in [-0.3, -0.25) is 0 Å². The Bertz CT molecular complexity index is 371. The molecule has 85 valence electrons. The largest absolute Gasteiger partial charge is 0.509 e. The van der Waals surface area contributed by atoms with Crippen LogP contribution < -0.4 is 4.74 Å². The molecule has 1 aromatic carbocycles. The topological polar surface area (TPSA) is 44.8 Å². The van der Waals surface area contributed by atoms with Crippen molar-refractivity contribution in [1.82, 2.24) is 0 Å². The van der Waals surface area contributed by atoms with Crippen LogP contribution in [-0.2, 0) is 15.9 Å². The lowest BCUT2D eigenvalue weighted by Gasteiger charge is -2.11. The zero-order valence-corrected chi connectivity index (χ0v) is 9.01. The van der Waals surface area contributed by atoms with E-state index in [9.17, 15) is 4.79 Å². The van der Waals surface area contributed by atoms with Crippen LogP contribution in [0.5, 0.6) is 5.75 Å². The zero-order chi connectivity index (χ0) is 11.5. The molecule has 1 aromatic rings. The molecule has 0 bridgehead atoms. The fourth-order valence-electron chi connectivity index (χ4n) is 1.59. The molecule has 2 atom stereocenters. The molecule has 1 aliphatic heterocycles. The van der Waals surface area contributed by atoms with E-state index in [4.69, 9.17) is 14.2 Å². The molecule has 0 saturated carbocycles. The van der Waals surface area contributed by atoms with Crippen molar-refractivity contribution in [3.8, 4) is 5.75 Å². The number of hydrogen-bond acceptors (Lipinski definition) is 4. The van der Waals surface area contributed by atoms with Crippen molar-refractivity contribution in [2.75, 3.05) is 7.11 Å². The smallest absolute Gasteiger partial charge is 0.497 e. The van der Waals surface area contributed by atoms with Gasteiger partial charge in [-0.15, -0.1) is 0 Å². The normalized spacial score (nSPS) is 23.8. The third-order valence-electron chi connectivity index (χ3n) is 2.51. The molecule has 0 aromatic heterocycles. The first kappa shape index (κ1) is 10.8. The van der Waals surface area contributed by atoms with E-state index < -0.39 is 12.3 Å². The second-order valence-corrected chi connectivity index (χ2v) is 3.61. The maximum Gasteiger partial charge on any atom is 0.509 e. The Morgan fingerprint density at radius 2 is 2.00 bits per heavy atom. The van der Waals surface area contributed by atoms with Crippen LogP contribution in [0, 0.1) is 6.92 Å². The van der Waals surface area contributed by atoms with E-state index in [1.807, 2.05) is 24.3 Å². The van der Waals surface area contributed by atoms with Crippen molar-refractivity contribution in [3.63, 3.8) is 0 Å². The lowest BCUT2D eigenvalue weighted by Crippen LogP contribution is -2.21. The minimum absolute atomic E-state index is 0.305. The molecule has 0 aliphatic carbocycles. The highest BCUT2D eigenvalue weighted by atomic mass is 16.8. The molecule has 1 aliphatic rings. The first-order chi connectivity index (χ1) is 7.69. The van der Waals surface area contributed by atoms with Crippen molar-refractivity contribution in [3.05, 3.63) is 36.8 Å². The van der Waals surface area contributed by atoms with Gasteiger partial charge in [0.25, 0.3) is 0 Å². The molecule has 1 heterocycles. The van der Waals surface area contributed by atoms with Gasteiger partial charge in [0.1, 0.15) is 18.0 Å². The van der Waals surface area contributed by atoms with Crippen molar-refractivity contribution in [2.45, 2.75) is 18.6 Å². The molecule has 16 heavy (non-hydrogen) atoms. The summed E-state index contributed by atoms with van der Waals surface area (Å²) >= 11 is 0. The molecular formula is C12H13O4. The van der Waals surface area contributed by atoms with Crippen LogP contribution in [0.2, 0.25) is 0 Å². The zero-order valence-electron chi connectivity index (χ0n) is 9.01. The minimum Gasteiger partial charge on any atom is -0.497 e. The van der Waals surface area contributed by atoms with Gasteiger partial charge in [-0.05, 0) is 24.6 Å². The molecule has 0 N–H and O–H groups in total. The Balaban J connectivity index is 2.00. The van der Waals surface area contributed by atoms with E-state index in [0.717, 1.165) is 11.3 Å². The monoisotopic (exact) mass is 221 g/mol. The molecule has 2 rings (SSSR count). The fraction of sp³-hybridized carbons (Fsp3) is 0.333. The summed E-state index contributed by atoms with van der Waals surface area (Å²) in [5.74, 6) is 0.801. The molecule has 2 unspecified atom stereocenters. The number of ether oxygens (including phenoxy) is 3. The average molecular weight is 221 g/mol. The minimum atomic E-state index is -0.640. The first-order valence-electron chi connectivity index (χ1n) is 5.02. The summed E-state index contributed by atoms with van der Waals surface area (Å²) in [6, 6.07) is 7.59. The van der Waals surface area contributed by atoms with E-state index >= 15 is 0 Å². The second-order valence-electron chi connectivity index (χ2n) is 3.61. The summed E-state index contributed by atoms with van der Waals surface area (Å²) < 4.78 is 14.8. The van der Waals surface area contributed by atoms with E-state index in [1.54, 1.807) is 7.11 Å². The van der Waals surface area contributed by atoms with Gasteiger partial charge in [0.2, 0.25) is 0 Å². The third kappa shape index (κ3) is 2.27. The highest BCUT2D eigenvalue weighted by molar-refractivity contribution is 5.62. The van der Waals surface area contributed by atoms with Gasteiger partial charge in [-0.2, -0.15) is 0 Å². The molecule has 4 nitrogen and oxygen atoms in total. The Kier molecular flexibility index (Phi) is 2.99. The molecular weight excluding hydrogens is 208 g/mol. The van der Waals surface area contributed by atoms with E-state index in [2.05, 4.69) is 6.92 Å². The summed E-state index contributed by atoms with van der Waals surface area (Å²) in [6.45, 7) is 3.71. The van der Waals surface area contributed by atoms with Gasteiger partial charge >= 0.3 is 6.16 Å². The Hall–Kier alpha value is -1.71. The van der Waals surface area contributed by atoms with Gasteiger partial charge in [-0.25, -0.2) is 4.79 Å². The number of cyclic esters (lactones) is 2. The SMILES string of the molecule is [CH2]C1OC(=O)OC1Cc1ccc(OC)cc1. The lowest BCUT2D eigenvalue weighted by atomic mass is 10.0. The summed E-state index contributed by atoms with van der Waals surface area (Å²) in [4.78, 5) is 10.9. The van der Waals surface area contributed by atoms with Crippen molar-refractivity contribution >= 4 is 6.16 Å². The summed E-state index contributed by atoms with van der Waals surface area (Å²) in [6.07, 6.45) is -0.779. The molecule has 0 spiro atoms. The predicted molar refractivity (Wildman–Crippen MR) is 57.2 cm³/mol. The number of carbonyl (C=O) groups excluding carboxylic acids is 1. The lowest BCUT2D eigenvalue weighted by molar-refractivity contribution is 0.117. The van der Waals surface area contributed by atoms with Crippen LogP contribution in [0.1, 0.15) is 5.56 Å². The summed E-state index contributed by atoms with van der Waals surface area (Å²) in [5.41, 5.74) is 1.05. The number of methoxy groups -OCH3 is 1. The van der Waals surface area contributed by atoms with Crippen LogP contribution in [0.4, 0.5) is 4.79 Å². The highest BCUT2D eigenvalue weighted by Crippen LogP contribution is 2.20. The van der Waals surface area contributed by atoms with Crippen molar-refractivity contribution in [2.24, 2.45) is 0 Å². The van der Waals surface area contributed by atoms with Crippen LogP contribution >= 0.6 is 0 Å². The number of benzene rings is 1. The third-order valence-corrected chi connectivity index (χ3v) is 2.51. The predicted octanol–water partition coefficient (Wildman–Crippen LogP) is 1.98. The van der Waals surface area contributed by atoms with Gasteiger partial charge in [0.05, 0.1) is 7.11 Å². The van der Waals surface area contributed by atoms with Crippen molar-refractivity contribution in [1.29, 1.82) is 0 Å². The van der Waals surface area contributed by atoms with Crippen LogP contribution in [0.3, 0.4) is 0 Å². The van der Waals surface area contributed by atoms with E-state index in [1.165, 1.54) is 0 Å². The Morgan fingerprint density at radius 3 is 2.50 bits per heavy atom. The Labute approximate surface area is 94.1 Å². The van der Waals surface area contributed by atoms with Crippen LogP contribution in [-0.4, -0.2) is 25.5 Å². The molecule has 1 fully saturated rings. The molecule has 1 saturated heterocycles. The van der Waals surface area contributed by atoms with Crippen LogP contribution in [0.15, 0.2) is 24.3 Å². The highest BCUT2D eigenvalue weighted by Gasteiger charge is 2.32. The molecule has 0 amide bonds. The number of rotatable bonds is 3. The fourth-order valence-corrected chi connectivity index (χ4v) is 1.59. The first-order valence-corrected chi connectivity index (χ1v) is 5.02. The Morgan fingerprint density at radius 1 is 1.31 bits per heavy atom. The van der Waals surface area contributed by atoms with Gasteiger partial charge in [0.15, 0.2) is 0 Å². The quantitative estimate of drug-likeness (QED) is 0.732. The second kappa shape index (κ2) is 4.43. The van der Waals surface area contributed by atoms with Gasteiger partial charge in [0, 0.05) is 6.42 Å². The summed E-state index contributed by atoms with van der Waals surface area (Å²) in [7, 11) is 1.62. The van der Waals surface area contributed by atoms with Gasteiger partial charge in [-0.1, -0.05) is 12.1 Å². The number of hydrogen-bond donors (Lipinski definition) is 0. The van der Waals surface area contributed by atoms with E-state index in [-0.39, 0.29) is 6.10 Å². The maximum atomic E-state index is 10.9.